The second-order valence-corrected chi connectivity index (χ2v) is 7.53. The molecule has 1 fully saturated rings. The monoisotopic (exact) mass is 275 g/mol. The van der Waals surface area contributed by atoms with E-state index >= 15 is 0 Å². The highest BCUT2D eigenvalue weighted by Crippen LogP contribution is 2.38. The van der Waals surface area contributed by atoms with E-state index in [1.54, 1.807) is 11.3 Å². The van der Waals surface area contributed by atoms with Crippen LogP contribution < -0.4 is 10.6 Å². The molecule has 1 aliphatic rings. The van der Waals surface area contributed by atoms with E-state index in [1.807, 2.05) is 18.2 Å². The summed E-state index contributed by atoms with van der Waals surface area (Å²) in [6, 6.07) is 5.96. The number of nitrogens with zero attached hydrogens (tertiary/aromatic N) is 2. The van der Waals surface area contributed by atoms with E-state index in [9.17, 15) is 0 Å². The van der Waals surface area contributed by atoms with Crippen LogP contribution in [0.15, 0.2) is 18.2 Å². The van der Waals surface area contributed by atoms with Crippen LogP contribution in [0.5, 0.6) is 0 Å². The molecule has 102 valence electrons. The molecule has 1 atom stereocenters. The average Bonchev–Trinajstić information content (AvgIpc) is 2.92. The van der Waals surface area contributed by atoms with Gasteiger partial charge in [0.2, 0.25) is 0 Å². The number of thiazole rings is 1. The molecule has 0 saturated carbocycles. The summed E-state index contributed by atoms with van der Waals surface area (Å²) in [7, 11) is 0. The first-order valence-corrected chi connectivity index (χ1v) is 7.66. The first-order chi connectivity index (χ1) is 8.93. The highest BCUT2D eigenvalue weighted by atomic mass is 32.1. The number of anilines is 2. The Balaban J connectivity index is 1.86. The number of nitrogen functional groups attached to an aromatic ring is 1. The zero-order valence-corrected chi connectivity index (χ0v) is 12.6. The van der Waals surface area contributed by atoms with Gasteiger partial charge < -0.3 is 10.6 Å². The number of aromatic nitrogens is 1. The standard InChI is InChI=1S/C15H21N3S/c1-15(2,3)10-6-7-18(9-10)14-17-12-5-4-11(16)8-13(12)19-14/h4-5,8,10H,6-7,9,16H2,1-3H3. The van der Waals surface area contributed by atoms with Crippen LogP contribution in [0.25, 0.3) is 10.2 Å². The molecule has 3 rings (SSSR count). The first-order valence-electron chi connectivity index (χ1n) is 6.84. The number of hydrogen-bond donors (Lipinski definition) is 1. The Labute approximate surface area is 118 Å². The number of hydrogen-bond acceptors (Lipinski definition) is 4. The first kappa shape index (κ1) is 12.7. The van der Waals surface area contributed by atoms with Crippen LogP contribution in [-0.4, -0.2) is 18.1 Å². The lowest BCUT2D eigenvalue weighted by Crippen LogP contribution is -2.25. The summed E-state index contributed by atoms with van der Waals surface area (Å²) >= 11 is 1.76. The van der Waals surface area contributed by atoms with Crippen LogP contribution in [-0.2, 0) is 0 Å². The highest BCUT2D eigenvalue weighted by Gasteiger charge is 2.32. The Hall–Kier alpha value is -1.29. The molecule has 1 aromatic heterocycles. The van der Waals surface area contributed by atoms with E-state index in [1.165, 1.54) is 11.1 Å². The van der Waals surface area contributed by atoms with Gasteiger partial charge in [0.05, 0.1) is 10.2 Å². The smallest absolute Gasteiger partial charge is 0.186 e. The summed E-state index contributed by atoms with van der Waals surface area (Å²) in [6.45, 7) is 9.25. The maximum absolute atomic E-state index is 5.83. The van der Waals surface area contributed by atoms with Gasteiger partial charge in [-0.2, -0.15) is 0 Å². The van der Waals surface area contributed by atoms with Crippen molar-refractivity contribution >= 4 is 32.4 Å². The average molecular weight is 275 g/mol. The molecule has 4 heteroatoms. The SMILES string of the molecule is CC(C)(C)C1CCN(c2nc3ccc(N)cc3s2)C1. The number of rotatable bonds is 1. The zero-order chi connectivity index (χ0) is 13.6. The van der Waals surface area contributed by atoms with E-state index in [0.717, 1.165) is 35.3 Å². The van der Waals surface area contributed by atoms with Crippen molar-refractivity contribution in [1.82, 2.24) is 4.98 Å². The maximum atomic E-state index is 5.83. The molecule has 2 N–H and O–H groups in total. The Bertz CT molecular complexity index is 597. The van der Waals surface area contributed by atoms with Gasteiger partial charge in [-0.25, -0.2) is 4.98 Å². The van der Waals surface area contributed by atoms with E-state index in [-0.39, 0.29) is 0 Å². The largest absolute Gasteiger partial charge is 0.399 e. The van der Waals surface area contributed by atoms with Crippen molar-refractivity contribution in [3.8, 4) is 0 Å². The van der Waals surface area contributed by atoms with Gasteiger partial charge in [-0.1, -0.05) is 32.1 Å². The maximum Gasteiger partial charge on any atom is 0.186 e. The van der Waals surface area contributed by atoms with Crippen LogP contribution in [0, 0.1) is 11.3 Å². The summed E-state index contributed by atoms with van der Waals surface area (Å²) in [5.41, 5.74) is 8.10. The highest BCUT2D eigenvalue weighted by molar-refractivity contribution is 7.22. The topological polar surface area (TPSA) is 42.2 Å². The van der Waals surface area contributed by atoms with Gasteiger partial charge in [0, 0.05) is 18.8 Å². The lowest BCUT2D eigenvalue weighted by molar-refractivity contribution is 0.263. The molecule has 0 amide bonds. The molecule has 1 aliphatic heterocycles. The number of nitrogens with two attached hydrogens (primary N) is 1. The van der Waals surface area contributed by atoms with Crippen LogP contribution in [0.4, 0.5) is 10.8 Å². The molecule has 1 aromatic carbocycles. The molecule has 2 aromatic rings. The lowest BCUT2D eigenvalue weighted by atomic mass is 9.80. The van der Waals surface area contributed by atoms with Crippen LogP contribution in [0.1, 0.15) is 27.2 Å². The van der Waals surface area contributed by atoms with Gasteiger partial charge >= 0.3 is 0 Å². The van der Waals surface area contributed by atoms with Crippen molar-refractivity contribution in [2.24, 2.45) is 11.3 Å². The second kappa shape index (κ2) is 4.37. The molecule has 0 radical (unpaired) electrons. The molecule has 0 bridgehead atoms. The van der Waals surface area contributed by atoms with Crippen molar-refractivity contribution in [3.63, 3.8) is 0 Å². The molecular weight excluding hydrogens is 254 g/mol. The minimum absolute atomic E-state index is 0.385. The van der Waals surface area contributed by atoms with Crippen LogP contribution in [0.2, 0.25) is 0 Å². The van der Waals surface area contributed by atoms with Gasteiger partial charge in [-0.3, -0.25) is 0 Å². The van der Waals surface area contributed by atoms with Crippen molar-refractivity contribution in [2.75, 3.05) is 23.7 Å². The summed E-state index contributed by atoms with van der Waals surface area (Å²) in [5.74, 6) is 0.754. The van der Waals surface area contributed by atoms with Gasteiger partial charge in [0.1, 0.15) is 0 Å². The van der Waals surface area contributed by atoms with Crippen molar-refractivity contribution in [3.05, 3.63) is 18.2 Å². The van der Waals surface area contributed by atoms with Gasteiger partial charge in [-0.15, -0.1) is 0 Å². The number of benzene rings is 1. The molecule has 19 heavy (non-hydrogen) atoms. The van der Waals surface area contributed by atoms with Gasteiger partial charge in [0.15, 0.2) is 5.13 Å². The van der Waals surface area contributed by atoms with Crippen molar-refractivity contribution in [1.29, 1.82) is 0 Å². The molecule has 0 spiro atoms. The molecule has 0 aliphatic carbocycles. The zero-order valence-electron chi connectivity index (χ0n) is 11.8. The number of fused-ring (bicyclic) bond motifs is 1. The predicted molar refractivity (Wildman–Crippen MR) is 83.8 cm³/mol. The summed E-state index contributed by atoms with van der Waals surface area (Å²) < 4.78 is 1.19. The van der Waals surface area contributed by atoms with Crippen molar-refractivity contribution in [2.45, 2.75) is 27.2 Å². The third-order valence-corrected chi connectivity index (χ3v) is 5.16. The van der Waals surface area contributed by atoms with Gasteiger partial charge in [0.25, 0.3) is 0 Å². The Morgan fingerprint density at radius 2 is 2.16 bits per heavy atom. The fourth-order valence-corrected chi connectivity index (χ4v) is 3.75. The minimum Gasteiger partial charge on any atom is -0.399 e. The molecule has 3 nitrogen and oxygen atoms in total. The normalized spacial score (nSPS) is 20.4. The summed E-state index contributed by atoms with van der Waals surface area (Å²) in [6.07, 6.45) is 1.27. The Kier molecular flexibility index (Phi) is 2.93. The second-order valence-electron chi connectivity index (χ2n) is 6.52. The van der Waals surface area contributed by atoms with E-state index in [2.05, 4.69) is 25.7 Å². The van der Waals surface area contributed by atoms with Crippen LogP contribution >= 0.6 is 11.3 Å². The quantitative estimate of drug-likeness (QED) is 0.806. The fourth-order valence-electron chi connectivity index (χ4n) is 2.71. The minimum atomic E-state index is 0.385. The third-order valence-electron chi connectivity index (χ3n) is 4.08. The molecule has 1 saturated heterocycles. The van der Waals surface area contributed by atoms with Crippen LogP contribution in [0.3, 0.4) is 0 Å². The molecule has 1 unspecified atom stereocenters. The van der Waals surface area contributed by atoms with Gasteiger partial charge in [-0.05, 0) is 36.0 Å². The molecule has 2 heterocycles. The molecular formula is C15H21N3S. The summed E-state index contributed by atoms with van der Waals surface area (Å²) in [4.78, 5) is 7.17. The van der Waals surface area contributed by atoms with E-state index in [4.69, 9.17) is 10.7 Å². The Morgan fingerprint density at radius 3 is 2.84 bits per heavy atom. The lowest BCUT2D eigenvalue weighted by Gasteiger charge is -2.26. The van der Waals surface area contributed by atoms with E-state index < -0.39 is 0 Å². The Morgan fingerprint density at radius 1 is 1.37 bits per heavy atom. The van der Waals surface area contributed by atoms with E-state index in [0.29, 0.717) is 5.41 Å². The summed E-state index contributed by atoms with van der Waals surface area (Å²) in [5, 5.41) is 1.15. The van der Waals surface area contributed by atoms with Crippen molar-refractivity contribution < 1.29 is 0 Å². The predicted octanol–water partition coefficient (Wildman–Crippen LogP) is 3.75. The fraction of sp³-hybridized carbons (Fsp3) is 0.533. The third kappa shape index (κ3) is 2.41.